The summed E-state index contributed by atoms with van der Waals surface area (Å²) in [6, 6.07) is 7.91. The van der Waals surface area contributed by atoms with E-state index in [1.807, 2.05) is 25.1 Å². The van der Waals surface area contributed by atoms with Crippen molar-refractivity contribution in [3.8, 4) is 5.88 Å². The molecule has 0 unspecified atom stereocenters. The molecule has 0 spiro atoms. The van der Waals surface area contributed by atoms with Crippen LogP contribution in [0.2, 0.25) is 0 Å². The first-order chi connectivity index (χ1) is 10.3. The lowest BCUT2D eigenvalue weighted by atomic mass is 10.2. The first-order valence-electron chi connectivity index (χ1n) is 7.15. The first-order valence-corrected chi connectivity index (χ1v) is 8.03. The highest BCUT2D eigenvalue weighted by atomic mass is 32.1. The number of hydrogen-bond donors (Lipinski definition) is 1. The quantitative estimate of drug-likeness (QED) is 0.815. The highest BCUT2D eigenvalue weighted by Crippen LogP contribution is 2.14. The van der Waals surface area contributed by atoms with Crippen molar-refractivity contribution in [1.29, 1.82) is 0 Å². The van der Waals surface area contributed by atoms with Gasteiger partial charge in [-0.15, -0.1) is 11.3 Å². The van der Waals surface area contributed by atoms with Gasteiger partial charge in [-0.2, -0.15) is 0 Å². The Bertz CT molecular complexity index is 555. The van der Waals surface area contributed by atoms with Crippen LogP contribution in [0.15, 0.2) is 35.8 Å². The van der Waals surface area contributed by atoms with E-state index in [4.69, 9.17) is 4.74 Å². The Balaban J connectivity index is 1.73. The summed E-state index contributed by atoms with van der Waals surface area (Å²) in [5.41, 5.74) is 0.908. The molecular weight excluding hydrogens is 284 g/mol. The Hall–Kier alpha value is -1.88. The molecule has 0 aromatic carbocycles. The topological polar surface area (TPSA) is 51.2 Å². The largest absolute Gasteiger partial charge is 0.478 e. The lowest BCUT2D eigenvalue weighted by Crippen LogP contribution is -2.23. The molecule has 0 aliphatic heterocycles. The van der Waals surface area contributed by atoms with Crippen molar-refractivity contribution in [3.63, 3.8) is 0 Å². The number of carbonyl (C=O) groups is 1. The number of carbonyl (C=O) groups excluding carboxylic acids is 1. The number of aryl methyl sites for hydroxylation is 1. The average molecular weight is 304 g/mol. The summed E-state index contributed by atoms with van der Waals surface area (Å²) in [6.45, 7) is 2.95. The Morgan fingerprint density at radius 3 is 3.05 bits per heavy atom. The number of nitrogens with one attached hydrogen (secondary N) is 1. The maximum absolute atomic E-state index is 11.8. The summed E-state index contributed by atoms with van der Waals surface area (Å²) in [5.74, 6) is 0.664. The second kappa shape index (κ2) is 8.42. The highest BCUT2D eigenvalue weighted by Gasteiger charge is 2.06. The maximum Gasteiger partial charge on any atom is 0.220 e. The zero-order chi connectivity index (χ0) is 14.9. The van der Waals surface area contributed by atoms with Gasteiger partial charge in [0.1, 0.15) is 0 Å². The van der Waals surface area contributed by atoms with Crippen LogP contribution in [-0.2, 0) is 17.8 Å². The van der Waals surface area contributed by atoms with Crippen LogP contribution in [0.3, 0.4) is 0 Å². The van der Waals surface area contributed by atoms with Crippen LogP contribution in [0, 0.1) is 0 Å². The van der Waals surface area contributed by atoms with E-state index in [0.29, 0.717) is 25.5 Å². The fourth-order valence-corrected chi connectivity index (χ4v) is 2.74. The van der Waals surface area contributed by atoms with E-state index in [2.05, 4.69) is 21.7 Å². The number of hydrogen-bond acceptors (Lipinski definition) is 4. The number of thiophene rings is 1. The summed E-state index contributed by atoms with van der Waals surface area (Å²) >= 11 is 1.74. The number of aromatic nitrogens is 1. The molecule has 0 fully saturated rings. The number of nitrogens with zero attached hydrogens (tertiary/aromatic N) is 1. The monoisotopic (exact) mass is 304 g/mol. The van der Waals surface area contributed by atoms with Crippen LogP contribution in [0.5, 0.6) is 5.88 Å². The van der Waals surface area contributed by atoms with Gasteiger partial charge in [-0.25, -0.2) is 4.98 Å². The van der Waals surface area contributed by atoms with Gasteiger partial charge in [-0.3, -0.25) is 4.79 Å². The summed E-state index contributed by atoms with van der Waals surface area (Å²) < 4.78 is 5.44. The number of ether oxygens (including phenoxy) is 1. The molecule has 1 N–H and O–H groups in total. The van der Waals surface area contributed by atoms with Crippen molar-refractivity contribution < 1.29 is 9.53 Å². The molecule has 21 heavy (non-hydrogen) atoms. The zero-order valence-electron chi connectivity index (χ0n) is 12.2. The Labute approximate surface area is 129 Å². The molecule has 0 saturated heterocycles. The lowest BCUT2D eigenvalue weighted by molar-refractivity contribution is -0.121. The normalized spacial score (nSPS) is 10.3. The van der Waals surface area contributed by atoms with Crippen molar-refractivity contribution in [3.05, 3.63) is 46.3 Å². The third kappa shape index (κ3) is 5.19. The summed E-state index contributed by atoms with van der Waals surface area (Å²) in [6.07, 6.45) is 4.07. The van der Waals surface area contributed by atoms with Crippen LogP contribution in [-0.4, -0.2) is 17.5 Å². The maximum atomic E-state index is 11.8. The van der Waals surface area contributed by atoms with E-state index in [9.17, 15) is 4.79 Å². The van der Waals surface area contributed by atoms with Crippen LogP contribution in [0.25, 0.3) is 0 Å². The predicted molar refractivity (Wildman–Crippen MR) is 84.5 cm³/mol. The average Bonchev–Trinajstić information content (AvgIpc) is 3.00. The first kappa shape index (κ1) is 15.5. The van der Waals surface area contributed by atoms with Crippen molar-refractivity contribution in [2.24, 2.45) is 0 Å². The Morgan fingerprint density at radius 2 is 2.29 bits per heavy atom. The molecule has 2 aromatic rings. The summed E-state index contributed by atoms with van der Waals surface area (Å²) in [7, 11) is 0. The van der Waals surface area contributed by atoms with E-state index < -0.39 is 0 Å². The summed E-state index contributed by atoms with van der Waals surface area (Å²) in [4.78, 5) is 17.3. The van der Waals surface area contributed by atoms with Crippen molar-refractivity contribution in [2.75, 3.05) is 6.61 Å². The molecule has 0 atom stereocenters. The molecule has 2 heterocycles. The van der Waals surface area contributed by atoms with E-state index in [1.54, 1.807) is 17.5 Å². The Morgan fingerprint density at radius 1 is 1.38 bits per heavy atom. The van der Waals surface area contributed by atoms with E-state index in [-0.39, 0.29) is 5.91 Å². The molecule has 1 amide bonds. The SMILES string of the molecule is CCOc1ncccc1CNC(=O)CCCc1cccs1. The third-order valence-corrected chi connectivity index (χ3v) is 3.95. The van der Waals surface area contributed by atoms with Gasteiger partial charge in [0.2, 0.25) is 11.8 Å². The highest BCUT2D eigenvalue weighted by molar-refractivity contribution is 7.09. The number of pyridine rings is 1. The van der Waals surface area contributed by atoms with Crippen LogP contribution < -0.4 is 10.1 Å². The van der Waals surface area contributed by atoms with Crippen LogP contribution in [0.1, 0.15) is 30.2 Å². The number of rotatable bonds is 8. The van der Waals surface area contributed by atoms with Gasteiger partial charge in [-0.05, 0) is 37.3 Å². The van der Waals surface area contributed by atoms with Crippen LogP contribution >= 0.6 is 11.3 Å². The fourth-order valence-electron chi connectivity index (χ4n) is 1.99. The molecule has 112 valence electrons. The lowest BCUT2D eigenvalue weighted by Gasteiger charge is -2.09. The van der Waals surface area contributed by atoms with Crippen molar-refractivity contribution >= 4 is 17.2 Å². The molecule has 2 aromatic heterocycles. The zero-order valence-corrected chi connectivity index (χ0v) is 13.0. The molecule has 0 aliphatic carbocycles. The number of amides is 1. The van der Waals surface area contributed by atoms with Crippen molar-refractivity contribution in [2.45, 2.75) is 32.7 Å². The molecule has 0 bridgehead atoms. The van der Waals surface area contributed by atoms with Crippen LogP contribution in [0.4, 0.5) is 0 Å². The molecule has 0 aliphatic rings. The minimum atomic E-state index is 0.0675. The second-order valence-corrected chi connectivity index (χ2v) is 5.64. The fraction of sp³-hybridized carbons (Fsp3) is 0.375. The summed E-state index contributed by atoms with van der Waals surface area (Å²) in [5, 5.41) is 4.98. The molecular formula is C16H20N2O2S. The van der Waals surface area contributed by atoms with Gasteiger partial charge in [-0.1, -0.05) is 12.1 Å². The third-order valence-electron chi connectivity index (χ3n) is 3.01. The Kier molecular flexibility index (Phi) is 6.22. The molecule has 0 radical (unpaired) electrons. The molecule has 5 heteroatoms. The minimum Gasteiger partial charge on any atom is -0.478 e. The molecule has 0 saturated carbocycles. The van der Waals surface area contributed by atoms with Gasteiger partial charge in [0.05, 0.1) is 6.61 Å². The smallest absolute Gasteiger partial charge is 0.220 e. The van der Waals surface area contributed by atoms with E-state index in [1.165, 1.54) is 4.88 Å². The predicted octanol–water partition coefficient (Wildman–Crippen LogP) is 3.18. The van der Waals surface area contributed by atoms with Gasteiger partial charge in [0.25, 0.3) is 0 Å². The van der Waals surface area contributed by atoms with Gasteiger partial charge in [0.15, 0.2) is 0 Å². The second-order valence-electron chi connectivity index (χ2n) is 4.61. The van der Waals surface area contributed by atoms with Gasteiger partial charge in [0, 0.05) is 29.6 Å². The minimum absolute atomic E-state index is 0.0675. The molecule has 4 nitrogen and oxygen atoms in total. The van der Waals surface area contributed by atoms with Crippen molar-refractivity contribution in [1.82, 2.24) is 10.3 Å². The molecule has 2 rings (SSSR count). The standard InChI is InChI=1S/C16H20N2O2S/c1-2-20-16-13(6-4-10-17-16)12-18-15(19)9-3-7-14-8-5-11-21-14/h4-6,8,10-11H,2-3,7,9,12H2,1H3,(H,18,19). The van der Waals surface area contributed by atoms with Gasteiger partial charge < -0.3 is 10.1 Å². The van der Waals surface area contributed by atoms with E-state index in [0.717, 1.165) is 18.4 Å². The van der Waals surface area contributed by atoms with E-state index >= 15 is 0 Å². The van der Waals surface area contributed by atoms with Gasteiger partial charge >= 0.3 is 0 Å².